The van der Waals surface area contributed by atoms with Gasteiger partial charge in [-0.1, -0.05) is 202 Å². The predicted octanol–water partition coefficient (Wildman–Crippen LogP) is 15.5. The van der Waals surface area contributed by atoms with Crippen LogP contribution in [0.1, 0.15) is 200 Å². The molecule has 1 heterocycles. The molecule has 0 amide bonds. The number of benzene rings is 3. The summed E-state index contributed by atoms with van der Waals surface area (Å²) >= 11 is 0. The minimum atomic E-state index is -1.48. The molecule has 1 aliphatic rings. The molecule has 0 saturated heterocycles. The van der Waals surface area contributed by atoms with Crippen LogP contribution in [0.2, 0.25) is 0 Å². The summed E-state index contributed by atoms with van der Waals surface area (Å²) in [7, 11) is -1.48. The number of carbonyl (C=O) groups excluding carboxylic acids is 1. The molecule has 1 unspecified atom stereocenters. The topological polar surface area (TPSA) is 44.8 Å². The van der Waals surface area contributed by atoms with Crippen molar-refractivity contribution in [2.45, 2.75) is 202 Å². The van der Waals surface area contributed by atoms with Gasteiger partial charge in [0, 0.05) is 23.1 Å². The van der Waals surface area contributed by atoms with E-state index in [1.807, 2.05) is 0 Å². The number of rotatable bonds is 22. The lowest BCUT2D eigenvalue weighted by atomic mass is 9.78. The zero-order valence-electron chi connectivity index (χ0n) is 37.9. The van der Waals surface area contributed by atoms with Gasteiger partial charge in [0.25, 0.3) is 0 Å². The van der Waals surface area contributed by atoms with E-state index in [2.05, 4.69) is 131 Å². The molecule has 0 spiro atoms. The molecule has 3 aromatic rings. The molecule has 1 atom stereocenters. The molecule has 1 aliphatic heterocycles. The molecule has 0 aromatic heterocycles. The van der Waals surface area contributed by atoms with Crippen molar-refractivity contribution < 1.29 is 18.6 Å². The monoisotopic (exact) mass is 797 g/mol. The van der Waals surface area contributed by atoms with Crippen molar-refractivity contribution in [3.63, 3.8) is 0 Å². The highest BCUT2D eigenvalue weighted by Crippen LogP contribution is 2.55. The van der Waals surface area contributed by atoms with E-state index in [0.29, 0.717) is 18.8 Å². The largest absolute Gasteiger partial charge is 0.486 e. The van der Waals surface area contributed by atoms with Crippen LogP contribution in [0.5, 0.6) is 11.5 Å². The lowest BCUT2D eigenvalue weighted by Gasteiger charge is -2.35. The van der Waals surface area contributed by atoms with Crippen LogP contribution in [0.3, 0.4) is 0 Å². The minimum absolute atomic E-state index is 0.00139. The molecule has 4 rings (SSSR count). The van der Waals surface area contributed by atoms with E-state index in [4.69, 9.17) is 13.8 Å². The Kier molecular flexibility index (Phi) is 17.8. The van der Waals surface area contributed by atoms with Crippen molar-refractivity contribution in [2.75, 3.05) is 6.61 Å². The van der Waals surface area contributed by atoms with Crippen LogP contribution in [-0.2, 0) is 32.2 Å². The van der Waals surface area contributed by atoms with E-state index in [9.17, 15) is 4.79 Å². The summed E-state index contributed by atoms with van der Waals surface area (Å²) in [5.41, 5.74) is 7.63. The van der Waals surface area contributed by atoms with Gasteiger partial charge in [-0.05, 0) is 64.0 Å². The van der Waals surface area contributed by atoms with Crippen molar-refractivity contribution in [1.29, 1.82) is 0 Å². The highest BCUT2D eigenvalue weighted by molar-refractivity contribution is 7.57. The molecule has 5 heteroatoms. The highest BCUT2D eigenvalue weighted by Gasteiger charge is 2.36. The Morgan fingerprint density at radius 3 is 1.72 bits per heavy atom. The van der Waals surface area contributed by atoms with E-state index in [1.54, 1.807) is 0 Å². The molecule has 0 aliphatic carbocycles. The molecule has 57 heavy (non-hydrogen) atoms. The Morgan fingerprint density at radius 2 is 1.19 bits per heavy atom. The van der Waals surface area contributed by atoms with Crippen molar-refractivity contribution in [2.24, 2.45) is 0 Å². The first kappa shape index (κ1) is 46.6. The van der Waals surface area contributed by atoms with Gasteiger partial charge in [0.2, 0.25) is 0 Å². The summed E-state index contributed by atoms with van der Waals surface area (Å²) in [6.45, 7) is 25.2. The number of ether oxygens (including phenoxy) is 1. The van der Waals surface area contributed by atoms with Crippen LogP contribution in [-0.4, -0.2) is 12.5 Å². The van der Waals surface area contributed by atoms with E-state index in [1.165, 1.54) is 107 Å². The van der Waals surface area contributed by atoms with Crippen LogP contribution < -0.4 is 14.4 Å². The summed E-state index contributed by atoms with van der Waals surface area (Å²) in [5, 5.41) is 1.09. The standard InChI is InChI=1S/C52H77O4P/c1-12-13-14-15-16-17-18-19-20-21-22-23-24-25-26-29-32-54-42(38-53)34-40-33-39(2)48(45(35-40)51(6,7)8)55-57-47-31-28-27-30-43(47)44-36-41(50(3,4)5)37-46(49(44)56-57)52(9,10)11/h27-28,30-31,33,35-37H,12-26,29,32,34H2,1-11H3. The molecular weight excluding hydrogens is 720 g/mol. The minimum Gasteiger partial charge on any atom is -0.486 e. The molecule has 314 valence electrons. The first-order chi connectivity index (χ1) is 27.0. The van der Waals surface area contributed by atoms with Crippen LogP contribution in [0, 0.1) is 6.92 Å². The maximum Gasteiger partial charge on any atom is 0.326 e. The van der Waals surface area contributed by atoms with E-state index in [0.717, 1.165) is 51.9 Å². The summed E-state index contributed by atoms with van der Waals surface area (Å²) in [5.74, 6) is 4.26. The molecule has 0 saturated carbocycles. The van der Waals surface area contributed by atoms with Gasteiger partial charge in [0.05, 0.1) is 11.9 Å². The quantitative estimate of drug-likeness (QED) is 0.0440. The van der Waals surface area contributed by atoms with Gasteiger partial charge < -0.3 is 13.8 Å². The molecule has 0 radical (unpaired) electrons. The molecular formula is C52H77O4P. The summed E-state index contributed by atoms with van der Waals surface area (Å²) in [4.78, 5) is 12.1. The average Bonchev–Trinajstić information content (AvgIpc) is 3.14. The number of unbranched alkanes of at least 4 members (excludes halogenated alkanes) is 15. The van der Waals surface area contributed by atoms with E-state index < -0.39 is 8.38 Å². The first-order valence-corrected chi connectivity index (χ1v) is 23.7. The van der Waals surface area contributed by atoms with Gasteiger partial charge >= 0.3 is 8.38 Å². The second-order valence-corrected chi connectivity index (χ2v) is 21.1. The number of hydrogen-bond acceptors (Lipinski definition) is 4. The van der Waals surface area contributed by atoms with Crippen LogP contribution in [0.15, 0.2) is 54.3 Å². The van der Waals surface area contributed by atoms with Crippen molar-refractivity contribution in [3.8, 4) is 22.6 Å². The molecule has 3 aromatic carbocycles. The van der Waals surface area contributed by atoms with Crippen molar-refractivity contribution in [1.82, 2.24) is 0 Å². The third-order valence-corrected chi connectivity index (χ3v) is 12.9. The van der Waals surface area contributed by atoms with Gasteiger partial charge in [-0.25, -0.2) is 4.79 Å². The predicted molar refractivity (Wildman–Crippen MR) is 245 cm³/mol. The second-order valence-electron chi connectivity index (χ2n) is 19.8. The summed E-state index contributed by atoms with van der Waals surface area (Å²) < 4.78 is 20.1. The number of hydrogen-bond donors (Lipinski definition) is 0. The zero-order valence-corrected chi connectivity index (χ0v) is 38.8. The maximum absolute atomic E-state index is 12.1. The van der Waals surface area contributed by atoms with Crippen molar-refractivity contribution in [3.05, 3.63) is 82.1 Å². The van der Waals surface area contributed by atoms with Gasteiger partial charge in [-0.2, -0.15) is 0 Å². The fraction of sp³-hybridized carbons (Fsp3) is 0.615. The Hall–Kier alpha value is -3.06. The molecule has 0 bridgehead atoms. The SMILES string of the molecule is CCCCCCCCCCCCCCCCCCOC(=C=O)Cc1cc(C)c(OP2Oc3c(cc(C(C)(C)C)cc3C(C)(C)C)-c3ccccc32)c(C(C)(C)C)c1. The normalized spacial score (nSPS) is 14.1. The summed E-state index contributed by atoms with van der Waals surface area (Å²) in [6, 6.07) is 17.5. The first-order valence-electron chi connectivity index (χ1n) is 22.5. The van der Waals surface area contributed by atoms with Crippen LogP contribution in [0.4, 0.5) is 0 Å². The van der Waals surface area contributed by atoms with Crippen LogP contribution >= 0.6 is 8.38 Å². The van der Waals surface area contributed by atoms with Crippen LogP contribution in [0.25, 0.3) is 11.1 Å². The van der Waals surface area contributed by atoms with Crippen molar-refractivity contribution >= 4 is 19.6 Å². The zero-order chi connectivity index (χ0) is 41.6. The fourth-order valence-corrected chi connectivity index (χ4v) is 9.44. The lowest BCUT2D eigenvalue weighted by Crippen LogP contribution is -2.24. The Balaban J connectivity index is 1.34. The van der Waals surface area contributed by atoms with Gasteiger partial charge in [-0.15, -0.1) is 0 Å². The Bertz CT molecular complexity index is 1760. The molecule has 0 fully saturated rings. The third kappa shape index (κ3) is 14.0. The Morgan fingerprint density at radius 1 is 0.649 bits per heavy atom. The smallest absolute Gasteiger partial charge is 0.326 e. The highest BCUT2D eigenvalue weighted by atomic mass is 31.2. The molecule has 0 N–H and O–H groups in total. The maximum atomic E-state index is 12.1. The number of aryl methyl sites for hydroxylation is 1. The van der Waals surface area contributed by atoms with Gasteiger partial charge in [-0.3, -0.25) is 0 Å². The fourth-order valence-electron chi connectivity index (χ4n) is 7.84. The van der Waals surface area contributed by atoms with E-state index in [-0.39, 0.29) is 16.2 Å². The average molecular weight is 797 g/mol. The lowest BCUT2D eigenvalue weighted by molar-refractivity contribution is 0.202. The Labute approximate surface area is 349 Å². The molecule has 4 nitrogen and oxygen atoms in total. The van der Waals surface area contributed by atoms with Gasteiger partial charge in [0.15, 0.2) is 11.7 Å². The van der Waals surface area contributed by atoms with E-state index >= 15 is 0 Å². The number of allylic oxidation sites excluding steroid dienone is 1. The second kappa shape index (κ2) is 21.8. The third-order valence-electron chi connectivity index (χ3n) is 11.4. The summed E-state index contributed by atoms with van der Waals surface area (Å²) in [6.07, 6.45) is 21.8. The van der Waals surface area contributed by atoms with Gasteiger partial charge in [0.1, 0.15) is 11.5 Å². The number of fused-ring (bicyclic) bond motifs is 3.